The minimum atomic E-state index is -1.15. The lowest BCUT2D eigenvalue weighted by molar-refractivity contribution is -0.112. The van der Waals surface area contributed by atoms with Crippen LogP contribution in [0.1, 0.15) is 42.5 Å². The van der Waals surface area contributed by atoms with Crippen LogP contribution in [0.2, 0.25) is 5.02 Å². The molecule has 0 unspecified atom stereocenters. The van der Waals surface area contributed by atoms with E-state index in [9.17, 15) is 9.59 Å². The van der Waals surface area contributed by atoms with Crippen molar-refractivity contribution in [3.63, 3.8) is 0 Å². The maximum Gasteiger partial charge on any atom is 0.337 e. The van der Waals surface area contributed by atoms with Gasteiger partial charge in [-0.25, -0.2) is 4.79 Å². The molecule has 0 aromatic heterocycles. The van der Waals surface area contributed by atoms with Gasteiger partial charge in [-0.2, -0.15) is 0 Å². The molecule has 22 heavy (non-hydrogen) atoms. The summed E-state index contributed by atoms with van der Waals surface area (Å²) in [6.07, 6.45) is 6.78. The molecule has 0 radical (unpaired) electrons. The first-order chi connectivity index (χ1) is 10.5. The molecule has 1 aliphatic carbocycles. The van der Waals surface area contributed by atoms with Crippen molar-refractivity contribution in [3.05, 3.63) is 39.9 Å². The number of carboxylic acids is 1. The van der Waals surface area contributed by atoms with Crippen molar-refractivity contribution in [2.24, 2.45) is 5.92 Å². The van der Waals surface area contributed by atoms with E-state index in [2.05, 4.69) is 5.32 Å². The van der Waals surface area contributed by atoms with E-state index in [1.807, 2.05) is 0 Å². The average Bonchev–Trinajstić information content (AvgIpc) is 2.49. The fraction of sp³-hybridized carbons (Fsp3) is 0.375. The van der Waals surface area contributed by atoms with Crippen molar-refractivity contribution in [1.82, 2.24) is 0 Å². The molecule has 2 N–H and O–H groups in total. The van der Waals surface area contributed by atoms with Gasteiger partial charge in [0.25, 0.3) is 0 Å². The maximum absolute atomic E-state index is 12.0. The Kier molecular flexibility index (Phi) is 5.86. The van der Waals surface area contributed by atoms with Crippen LogP contribution in [-0.2, 0) is 4.79 Å². The number of benzene rings is 1. The highest BCUT2D eigenvalue weighted by molar-refractivity contribution is 6.32. The first-order valence-corrected chi connectivity index (χ1v) is 7.94. The molecular formula is C16H17Cl2NO3. The second kappa shape index (κ2) is 7.65. The lowest BCUT2D eigenvalue weighted by Crippen LogP contribution is -2.14. The van der Waals surface area contributed by atoms with E-state index in [0.717, 1.165) is 25.7 Å². The van der Waals surface area contributed by atoms with Gasteiger partial charge in [0.05, 0.1) is 11.3 Å². The number of nitrogens with one attached hydrogen (secondary N) is 1. The molecule has 1 fully saturated rings. The molecule has 0 saturated heterocycles. The average molecular weight is 342 g/mol. The van der Waals surface area contributed by atoms with Crippen LogP contribution in [-0.4, -0.2) is 17.0 Å². The van der Waals surface area contributed by atoms with E-state index in [4.69, 9.17) is 28.3 Å². The lowest BCUT2D eigenvalue weighted by Gasteiger charge is -2.20. The molecule has 4 nitrogen and oxygen atoms in total. The van der Waals surface area contributed by atoms with Gasteiger partial charge in [0.2, 0.25) is 5.91 Å². The largest absolute Gasteiger partial charge is 0.478 e. The fourth-order valence-corrected chi connectivity index (χ4v) is 3.08. The molecule has 0 atom stereocenters. The topological polar surface area (TPSA) is 66.4 Å². The zero-order valence-corrected chi connectivity index (χ0v) is 13.5. The van der Waals surface area contributed by atoms with Crippen LogP contribution < -0.4 is 5.32 Å². The predicted octanol–water partition coefficient (Wildman–Crippen LogP) is 4.68. The Balaban J connectivity index is 2.10. The zero-order valence-electron chi connectivity index (χ0n) is 11.9. The monoisotopic (exact) mass is 341 g/mol. The number of aromatic carboxylic acids is 1. The fourth-order valence-electron chi connectivity index (χ4n) is 2.59. The van der Waals surface area contributed by atoms with Gasteiger partial charge in [-0.15, -0.1) is 0 Å². The summed E-state index contributed by atoms with van der Waals surface area (Å²) in [6.45, 7) is 0. The number of carboxylic acid groups (broad SMARTS) is 1. The first kappa shape index (κ1) is 16.8. The highest BCUT2D eigenvalue weighted by Crippen LogP contribution is 2.31. The Morgan fingerprint density at radius 2 is 1.91 bits per heavy atom. The molecule has 0 heterocycles. The molecule has 1 saturated carbocycles. The van der Waals surface area contributed by atoms with Crippen molar-refractivity contribution in [3.8, 4) is 0 Å². The van der Waals surface area contributed by atoms with E-state index in [1.165, 1.54) is 30.7 Å². The molecule has 1 aromatic carbocycles. The van der Waals surface area contributed by atoms with Gasteiger partial charge in [-0.1, -0.05) is 42.5 Å². The standard InChI is InChI=1S/C16H17Cl2NO3/c17-11-6-7-14(12(8-11)16(21)22)19-15(20)9-13(18)10-4-2-1-3-5-10/h6-10H,1-5H2,(H,19,20)(H,21,22)/b13-9+. The van der Waals surface area contributed by atoms with Gasteiger partial charge in [-0.3, -0.25) is 4.79 Å². The molecule has 1 amide bonds. The van der Waals surface area contributed by atoms with E-state index >= 15 is 0 Å². The molecule has 2 rings (SSSR count). The third kappa shape index (κ3) is 4.49. The highest BCUT2D eigenvalue weighted by Gasteiger charge is 2.18. The smallest absolute Gasteiger partial charge is 0.337 e. The second-order valence-electron chi connectivity index (χ2n) is 5.35. The summed E-state index contributed by atoms with van der Waals surface area (Å²) in [5.41, 5.74) is 0.147. The van der Waals surface area contributed by atoms with Gasteiger partial charge in [0, 0.05) is 16.1 Å². The molecule has 0 bridgehead atoms. The summed E-state index contributed by atoms with van der Waals surface area (Å²) in [7, 11) is 0. The van der Waals surface area contributed by atoms with Crippen molar-refractivity contribution in [2.75, 3.05) is 5.32 Å². The van der Waals surface area contributed by atoms with Crippen LogP contribution in [0, 0.1) is 5.92 Å². The number of carbonyl (C=O) groups is 2. The van der Waals surface area contributed by atoms with Crippen molar-refractivity contribution < 1.29 is 14.7 Å². The van der Waals surface area contributed by atoms with Crippen molar-refractivity contribution >= 4 is 40.8 Å². The van der Waals surface area contributed by atoms with Gasteiger partial charge < -0.3 is 10.4 Å². The van der Waals surface area contributed by atoms with Crippen molar-refractivity contribution in [2.45, 2.75) is 32.1 Å². The van der Waals surface area contributed by atoms with Crippen LogP contribution in [0.15, 0.2) is 29.3 Å². The third-order valence-corrected chi connectivity index (χ3v) is 4.39. The van der Waals surface area contributed by atoms with Gasteiger partial charge in [0.1, 0.15) is 0 Å². The van der Waals surface area contributed by atoms with Gasteiger partial charge >= 0.3 is 5.97 Å². The van der Waals surface area contributed by atoms with E-state index in [1.54, 1.807) is 0 Å². The van der Waals surface area contributed by atoms with Crippen molar-refractivity contribution in [1.29, 1.82) is 0 Å². The number of amides is 1. The maximum atomic E-state index is 12.0. The molecule has 1 aromatic rings. The first-order valence-electron chi connectivity index (χ1n) is 7.18. The third-order valence-electron chi connectivity index (χ3n) is 3.73. The summed E-state index contributed by atoms with van der Waals surface area (Å²) in [5.74, 6) is -1.36. The van der Waals surface area contributed by atoms with Gasteiger partial charge in [0.15, 0.2) is 0 Å². The quantitative estimate of drug-likeness (QED) is 0.781. The van der Waals surface area contributed by atoms with Crippen LogP contribution >= 0.6 is 23.2 Å². The summed E-state index contributed by atoms with van der Waals surface area (Å²) < 4.78 is 0. The minimum Gasteiger partial charge on any atom is -0.478 e. The molecule has 118 valence electrons. The molecule has 6 heteroatoms. The number of anilines is 1. The summed E-state index contributed by atoms with van der Waals surface area (Å²) in [5, 5.41) is 12.5. The Bertz CT molecular complexity index is 607. The lowest BCUT2D eigenvalue weighted by atomic mass is 9.89. The van der Waals surface area contributed by atoms with Gasteiger partial charge in [-0.05, 0) is 37.0 Å². The SMILES string of the molecule is O=C(/C=C(/Cl)C1CCCCC1)Nc1ccc(Cl)cc1C(=O)O. The Labute approximate surface area is 139 Å². The van der Waals surface area contributed by atoms with Crippen LogP contribution in [0.3, 0.4) is 0 Å². The van der Waals surface area contributed by atoms with Crippen LogP contribution in [0.5, 0.6) is 0 Å². The number of halogens is 2. The van der Waals surface area contributed by atoms with E-state index < -0.39 is 11.9 Å². The Morgan fingerprint density at radius 1 is 1.23 bits per heavy atom. The summed E-state index contributed by atoms with van der Waals surface area (Å²) in [4.78, 5) is 23.2. The second-order valence-corrected chi connectivity index (χ2v) is 6.22. The zero-order chi connectivity index (χ0) is 16.1. The molecule has 0 spiro atoms. The number of hydrogen-bond donors (Lipinski definition) is 2. The molecular weight excluding hydrogens is 325 g/mol. The van der Waals surface area contributed by atoms with E-state index in [0.29, 0.717) is 10.1 Å². The normalized spacial score (nSPS) is 16.4. The number of hydrogen-bond acceptors (Lipinski definition) is 2. The van der Waals surface area contributed by atoms with Crippen LogP contribution in [0.25, 0.3) is 0 Å². The molecule has 1 aliphatic rings. The molecule has 0 aliphatic heterocycles. The minimum absolute atomic E-state index is 0.0527. The Morgan fingerprint density at radius 3 is 2.55 bits per heavy atom. The predicted molar refractivity (Wildman–Crippen MR) is 87.6 cm³/mol. The Hall–Kier alpha value is -1.52. The number of carbonyl (C=O) groups excluding carboxylic acids is 1. The number of allylic oxidation sites excluding steroid dienone is 1. The number of rotatable bonds is 4. The van der Waals surface area contributed by atoms with Crippen LogP contribution in [0.4, 0.5) is 5.69 Å². The summed E-state index contributed by atoms with van der Waals surface area (Å²) in [6, 6.07) is 4.29. The highest BCUT2D eigenvalue weighted by atomic mass is 35.5. The van der Waals surface area contributed by atoms with E-state index in [-0.39, 0.29) is 17.2 Å². The summed E-state index contributed by atoms with van der Waals surface area (Å²) >= 11 is 12.0.